The van der Waals surface area contributed by atoms with Gasteiger partial charge in [0.1, 0.15) is 11.3 Å². The number of methoxy groups -OCH3 is 2. The first-order valence-electron chi connectivity index (χ1n) is 5.22. The molecule has 0 radical (unpaired) electrons. The molecular formula is C12H18O5. The molecule has 0 aromatic heterocycles. The minimum atomic E-state index is -1.18. The Balaban J connectivity index is 3.10. The molecule has 0 saturated heterocycles. The summed E-state index contributed by atoms with van der Waals surface area (Å²) in [7, 11) is 2.72. The number of hydrogen-bond donors (Lipinski definition) is 1. The summed E-state index contributed by atoms with van der Waals surface area (Å²) >= 11 is 0. The van der Waals surface area contributed by atoms with E-state index < -0.39 is 17.4 Å². The quantitative estimate of drug-likeness (QED) is 0.752. The molecule has 0 spiro atoms. The molecule has 5 heteroatoms. The van der Waals surface area contributed by atoms with Crippen molar-refractivity contribution in [1.29, 1.82) is 0 Å². The minimum absolute atomic E-state index is 0.262. The van der Waals surface area contributed by atoms with Gasteiger partial charge in [-0.2, -0.15) is 0 Å². The Morgan fingerprint density at radius 2 is 2.12 bits per heavy atom. The summed E-state index contributed by atoms with van der Waals surface area (Å²) < 4.78 is 15.3. The van der Waals surface area contributed by atoms with Gasteiger partial charge in [0.2, 0.25) is 5.79 Å². The van der Waals surface area contributed by atoms with E-state index in [1.54, 1.807) is 20.8 Å². The Bertz CT molecular complexity index is 375. The molecule has 0 saturated carbocycles. The highest BCUT2D eigenvalue weighted by Crippen LogP contribution is 2.34. The van der Waals surface area contributed by atoms with Crippen molar-refractivity contribution in [3.63, 3.8) is 0 Å². The van der Waals surface area contributed by atoms with Crippen LogP contribution in [0.25, 0.3) is 0 Å². The SMILES string of the molecule is COC(=O)C1=C/C(=C\C(C)(C)O)OC1(C)OC. The van der Waals surface area contributed by atoms with Gasteiger partial charge in [-0.1, -0.05) is 0 Å². The van der Waals surface area contributed by atoms with Gasteiger partial charge < -0.3 is 19.3 Å². The maximum Gasteiger partial charge on any atom is 0.340 e. The third-order valence-electron chi connectivity index (χ3n) is 2.38. The highest BCUT2D eigenvalue weighted by atomic mass is 16.7. The van der Waals surface area contributed by atoms with Gasteiger partial charge in [-0.25, -0.2) is 4.79 Å². The summed E-state index contributed by atoms with van der Waals surface area (Å²) in [5.74, 6) is -1.32. The van der Waals surface area contributed by atoms with Crippen molar-refractivity contribution in [2.24, 2.45) is 0 Å². The van der Waals surface area contributed by atoms with Crippen LogP contribution in [0.1, 0.15) is 20.8 Å². The fraction of sp³-hybridized carbons (Fsp3) is 0.583. The molecular weight excluding hydrogens is 224 g/mol. The molecule has 0 fully saturated rings. The lowest BCUT2D eigenvalue weighted by Crippen LogP contribution is -2.33. The predicted molar refractivity (Wildman–Crippen MR) is 61.0 cm³/mol. The number of aliphatic hydroxyl groups is 1. The molecule has 1 aliphatic heterocycles. The van der Waals surface area contributed by atoms with Crippen LogP contribution < -0.4 is 0 Å². The smallest absolute Gasteiger partial charge is 0.340 e. The third-order valence-corrected chi connectivity index (χ3v) is 2.38. The van der Waals surface area contributed by atoms with Crippen LogP contribution in [-0.2, 0) is 19.0 Å². The van der Waals surface area contributed by atoms with E-state index in [2.05, 4.69) is 4.74 Å². The average Bonchev–Trinajstić information content (AvgIpc) is 2.52. The monoisotopic (exact) mass is 242 g/mol. The Labute approximate surface area is 101 Å². The number of carbonyl (C=O) groups is 1. The van der Waals surface area contributed by atoms with Crippen LogP contribution in [0.3, 0.4) is 0 Å². The van der Waals surface area contributed by atoms with Gasteiger partial charge in [0.05, 0.1) is 12.7 Å². The molecule has 1 unspecified atom stereocenters. The van der Waals surface area contributed by atoms with Gasteiger partial charge >= 0.3 is 5.97 Å². The Kier molecular flexibility index (Phi) is 3.64. The van der Waals surface area contributed by atoms with E-state index in [0.717, 1.165) is 0 Å². The number of ether oxygens (including phenoxy) is 3. The Morgan fingerprint density at radius 1 is 1.53 bits per heavy atom. The fourth-order valence-electron chi connectivity index (χ4n) is 1.51. The van der Waals surface area contributed by atoms with E-state index in [1.165, 1.54) is 26.4 Å². The maximum absolute atomic E-state index is 11.6. The fourth-order valence-corrected chi connectivity index (χ4v) is 1.51. The first kappa shape index (κ1) is 13.7. The second-order valence-electron chi connectivity index (χ2n) is 4.50. The van der Waals surface area contributed by atoms with Crippen LogP contribution in [-0.4, -0.2) is 36.7 Å². The second-order valence-corrected chi connectivity index (χ2v) is 4.50. The van der Waals surface area contributed by atoms with Crippen LogP contribution in [0.15, 0.2) is 23.5 Å². The third kappa shape index (κ3) is 3.08. The normalized spacial score (nSPS) is 26.7. The van der Waals surface area contributed by atoms with Crippen molar-refractivity contribution in [3.05, 3.63) is 23.5 Å². The van der Waals surface area contributed by atoms with Crippen LogP contribution in [0, 0.1) is 0 Å². The summed E-state index contributed by atoms with van der Waals surface area (Å²) in [5, 5.41) is 9.66. The lowest BCUT2D eigenvalue weighted by molar-refractivity contribution is -0.161. The number of esters is 1. The van der Waals surface area contributed by atoms with Gasteiger partial charge in [-0.3, -0.25) is 0 Å². The zero-order valence-electron chi connectivity index (χ0n) is 10.7. The summed E-state index contributed by atoms with van der Waals surface area (Å²) in [6, 6.07) is 0. The molecule has 96 valence electrons. The maximum atomic E-state index is 11.6. The largest absolute Gasteiger partial charge is 0.465 e. The zero-order valence-corrected chi connectivity index (χ0v) is 10.7. The van der Waals surface area contributed by atoms with E-state index in [-0.39, 0.29) is 5.57 Å². The molecule has 0 amide bonds. The van der Waals surface area contributed by atoms with Crippen molar-refractivity contribution < 1.29 is 24.1 Å². The predicted octanol–water partition coefficient (Wildman–Crippen LogP) is 1.13. The highest BCUT2D eigenvalue weighted by molar-refractivity contribution is 5.91. The van der Waals surface area contributed by atoms with Crippen molar-refractivity contribution in [2.75, 3.05) is 14.2 Å². The van der Waals surface area contributed by atoms with Gasteiger partial charge in [0.25, 0.3) is 0 Å². The van der Waals surface area contributed by atoms with Gasteiger partial charge in [0.15, 0.2) is 0 Å². The van der Waals surface area contributed by atoms with E-state index in [4.69, 9.17) is 9.47 Å². The van der Waals surface area contributed by atoms with E-state index in [9.17, 15) is 9.90 Å². The summed E-state index contributed by atoms with van der Waals surface area (Å²) in [6.07, 6.45) is 3.01. The second kappa shape index (κ2) is 4.50. The summed E-state index contributed by atoms with van der Waals surface area (Å²) in [4.78, 5) is 11.6. The standard InChI is InChI=1S/C12H18O5/c1-11(2,14)7-8-6-9(10(13)15-4)12(3,16-5)17-8/h6-7,14H,1-5H3/b8-7+. The molecule has 1 aliphatic rings. The lowest BCUT2D eigenvalue weighted by atomic mass is 10.1. The van der Waals surface area contributed by atoms with E-state index in [0.29, 0.717) is 5.76 Å². The zero-order chi connectivity index (χ0) is 13.3. The number of rotatable bonds is 3. The molecule has 1 rings (SSSR count). The molecule has 1 atom stereocenters. The van der Waals surface area contributed by atoms with E-state index in [1.807, 2.05) is 0 Å². The molecule has 1 heterocycles. The van der Waals surface area contributed by atoms with Crippen LogP contribution in [0.4, 0.5) is 0 Å². The van der Waals surface area contributed by atoms with Crippen LogP contribution in [0.5, 0.6) is 0 Å². The number of allylic oxidation sites excluding steroid dienone is 1. The first-order valence-corrected chi connectivity index (χ1v) is 5.22. The summed E-state index contributed by atoms with van der Waals surface area (Å²) in [5.41, 5.74) is -0.774. The van der Waals surface area contributed by atoms with Gasteiger partial charge in [0, 0.05) is 14.0 Å². The average molecular weight is 242 g/mol. The topological polar surface area (TPSA) is 65.0 Å². The molecule has 0 aliphatic carbocycles. The molecule has 17 heavy (non-hydrogen) atoms. The highest BCUT2D eigenvalue weighted by Gasteiger charge is 2.42. The Morgan fingerprint density at radius 3 is 2.53 bits per heavy atom. The number of hydrogen-bond acceptors (Lipinski definition) is 5. The van der Waals surface area contributed by atoms with Crippen molar-refractivity contribution in [3.8, 4) is 0 Å². The van der Waals surface area contributed by atoms with Crippen molar-refractivity contribution in [2.45, 2.75) is 32.2 Å². The minimum Gasteiger partial charge on any atom is -0.465 e. The molecule has 0 bridgehead atoms. The van der Waals surface area contributed by atoms with Crippen LogP contribution in [0.2, 0.25) is 0 Å². The van der Waals surface area contributed by atoms with Crippen molar-refractivity contribution >= 4 is 5.97 Å². The molecule has 0 aromatic carbocycles. The summed E-state index contributed by atoms with van der Waals surface area (Å²) in [6.45, 7) is 4.83. The van der Waals surface area contributed by atoms with Crippen LogP contribution >= 0.6 is 0 Å². The van der Waals surface area contributed by atoms with Crippen molar-refractivity contribution in [1.82, 2.24) is 0 Å². The lowest BCUT2D eigenvalue weighted by Gasteiger charge is -2.25. The van der Waals surface area contributed by atoms with Gasteiger partial charge in [-0.15, -0.1) is 0 Å². The van der Waals surface area contributed by atoms with E-state index >= 15 is 0 Å². The molecule has 1 N–H and O–H groups in total. The molecule has 5 nitrogen and oxygen atoms in total. The van der Waals surface area contributed by atoms with Gasteiger partial charge in [-0.05, 0) is 26.0 Å². The molecule has 0 aromatic rings. The number of carbonyl (C=O) groups excluding carboxylic acids is 1. The first-order chi connectivity index (χ1) is 7.72. The Hall–Kier alpha value is -1.33.